The molecule has 2 amide bonds. The van der Waals surface area contributed by atoms with Gasteiger partial charge in [0, 0.05) is 78.5 Å². The number of nitrogens with zero attached hydrogens (tertiary/aromatic N) is 4. The van der Waals surface area contributed by atoms with E-state index in [0.29, 0.717) is 58.8 Å². The van der Waals surface area contributed by atoms with Crippen molar-refractivity contribution < 1.29 is 29.9 Å². The maximum atomic E-state index is 12.3. The molecule has 2 saturated heterocycles. The lowest BCUT2D eigenvalue weighted by molar-refractivity contribution is -0.129. The Morgan fingerprint density at radius 2 is 1.14 bits per heavy atom. The first-order valence-electron chi connectivity index (χ1n) is 18.0. The highest BCUT2D eigenvalue weighted by Gasteiger charge is 2.37. The van der Waals surface area contributed by atoms with Gasteiger partial charge in [-0.1, -0.05) is 60.7 Å². The van der Waals surface area contributed by atoms with E-state index in [2.05, 4.69) is 16.0 Å². The van der Waals surface area contributed by atoms with Crippen molar-refractivity contribution >= 4 is 25.9 Å². The van der Waals surface area contributed by atoms with Crippen LogP contribution in [0.1, 0.15) is 11.1 Å². The Kier molecular flexibility index (Phi) is 18.0. The van der Waals surface area contributed by atoms with Crippen LogP contribution in [0.15, 0.2) is 60.7 Å². The van der Waals surface area contributed by atoms with Crippen LogP contribution in [0.3, 0.4) is 0 Å². The van der Waals surface area contributed by atoms with E-state index in [1.807, 2.05) is 87.1 Å². The van der Waals surface area contributed by atoms with Crippen molar-refractivity contribution in [1.29, 1.82) is 0 Å². The van der Waals surface area contributed by atoms with E-state index in [4.69, 9.17) is 5.73 Å². The molecule has 0 bridgehead atoms. The molecule has 0 spiro atoms. The summed E-state index contributed by atoms with van der Waals surface area (Å²) in [6, 6.07) is 18.6. The van der Waals surface area contributed by atoms with Gasteiger partial charge in [0.1, 0.15) is 12.1 Å². The fourth-order valence-electron chi connectivity index (χ4n) is 6.69. The summed E-state index contributed by atoms with van der Waals surface area (Å²) in [7, 11) is 3.87. The normalized spacial score (nSPS) is 21.4. The molecule has 282 valence electrons. The van der Waals surface area contributed by atoms with Gasteiger partial charge in [-0.15, -0.1) is 0 Å². The van der Waals surface area contributed by atoms with Gasteiger partial charge in [-0.05, 0) is 44.7 Å². The monoisotopic (exact) mass is 710 g/mol. The Morgan fingerprint density at radius 3 is 1.53 bits per heavy atom. The zero-order valence-electron chi connectivity index (χ0n) is 30.9. The van der Waals surface area contributed by atoms with E-state index in [1.54, 1.807) is 27.7 Å². The standard InChI is InChI=1S/C18H31BN4O3.C17H29BN4O3/c1-19(26)23-10-9-22(16(12-23)18(25)21-3)13-17(24)15(20-2)11-14-7-5-4-6-8-14;1-18(25)22-9-8-21(15(11-22)17(24)20-2)12-16(23)14(19)10-13-6-4-3-5-7-13/h4-8,15-17,20,24,26H,9-13H2,1-3H3,(H,21,25);3-7,14-16,23,25H,8-12,19H2,1-2H3,(H,20,24). The molecular formula is C35H60B2N8O6. The van der Waals surface area contributed by atoms with Crippen molar-refractivity contribution in [2.24, 2.45) is 5.73 Å². The van der Waals surface area contributed by atoms with Crippen LogP contribution < -0.4 is 21.7 Å². The van der Waals surface area contributed by atoms with E-state index in [0.717, 1.165) is 17.5 Å². The van der Waals surface area contributed by atoms with Gasteiger partial charge in [0.25, 0.3) is 0 Å². The summed E-state index contributed by atoms with van der Waals surface area (Å²) >= 11 is 0. The van der Waals surface area contributed by atoms with Crippen molar-refractivity contribution in [3.63, 3.8) is 0 Å². The van der Waals surface area contributed by atoms with Crippen LogP contribution >= 0.6 is 0 Å². The van der Waals surface area contributed by atoms with Gasteiger partial charge in [0.2, 0.25) is 11.8 Å². The first-order chi connectivity index (χ1) is 24.4. The third-order valence-corrected chi connectivity index (χ3v) is 9.99. The number of hydrogen-bond acceptors (Lipinski definition) is 12. The Labute approximate surface area is 304 Å². The van der Waals surface area contributed by atoms with Gasteiger partial charge in [0.05, 0.1) is 12.2 Å². The second kappa shape index (κ2) is 21.6. The number of aliphatic hydroxyl groups excluding tert-OH is 2. The summed E-state index contributed by atoms with van der Waals surface area (Å²) < 4.78 is 0. The molecule has 51 heavy (non-hydrogen) atoms. The molecule has 14 nitrogen and oxygen atoms in total. The highest BCUT2D eigenvalue weighted by Crippen LogP contribution is 2.16. The van der Waals surface area contributed by atoms with E-state index in [1.165, 1.54) is 0 Å². The molecule has 6 atom stereocenters. The molecular weight excluding hydrogens is 650 g/mol. The summed E-state index contributed by atoms with van der Waals surface area (Å²) in [4.78, 5) is 32.2. The number of carbonyl (C=O) groups excluding carboxylic acids is 2. The number of aliphatic hydroxyl groups is 2. The minimum absolute atomic E-state index is 0.0911. The molecule has 0 aliphatic carbocycles. The van der Waals surface area contributed by atoms with Crippen LogP contribution in [-0.4, -0.2) is 175 Å². The SMILES string of the molecule is CNC(=O)C1CN(B(C)O)CCN1CC(O)C(Cc1ccccc1)NC.CNC(=O)C1CN(B(C)O)CCN1CC(O)C(N)Cc1ccccc1. The number of nitrogens with two attached hydrogens (primary N) is 1. The number of hydrogen-bond donors (Lipinski definition) is 8. The van der Waals surface area contributed by atoms with E-state index >= 15 is 0 Å². The summed E-state index contributed by atoms with van der Waals surface area (Å²) in [5.74, 6) is -0.208. The van der Waals surface area contributed by atoms with Crippen LogP contribution in [0.25, 0.3) is 0 Å². The lowest BCUT2D eigenvalue weighted by atomic mass is 9.83. The average molecular weight is 711 g/mol. The molecule has 2 aromatic rings. The number of amides is 2. The Hall–Kier alpha value is -2.89. The van der Waals surface area contributed by atoms with E-state index in [-0.39, 0.29) is 23.9 Å². The highest BCUT2D eigenvalue weighted by atomic mass is 16.3. The first-order valence-corrected chi connectivity index (χ1v) is 18.0. The Morgan fingerprint density at radius 1 is 0.725 bits per heavy atom. The van der Waals surface area contributed by atoms with Gasteiger partial charge < -0.3 is 51.6 Å². The smallest absolute Gasteiger partial charge is 0.376 e. The number of likely N-dealkylation sites (N-methyl/N-ethyl adjacent to an activating group) is 3. The van der Waals surface area contributed by atoms with Gasteiger partial charge in [-0.3, -0.25) is 19.4 Å². The molecule has 0 radical (unpaired) electrons. The van der Waals surface area contributed by atoms with Gasteiger partial charge in [-0.25, -0.2) is 0 Å². The zero-order chi connectivity index (χ0) is 37.5. The number of β-amino-alcohol motifs (C(OH)–C–C–N with tert-alkyl or cyclic N) is 2. The maximum Gasteiger partial charge on any atom is 0.376 e. The number of rotatable bonds is 15. The maximum absolute atomic E-state index is 12.3. The Balaban J connectivity index is 0.000000276. The molecule has 4 rings (SSSR count). The van der Waals surface area contributed by atoms with E-state index in [9.17, 15) is 29.9 Å². The topological polar surface area (TPSA) is 190 Å². The number of piperazine rings is 2. The van der Waals surface area contributed by atoms with Gasteiger partial charge >= 0.3 is 14.1 Å². The van der Waals surface area contributed by atoms with Crippen molar-refractivity contribution in [2.45, 2.75) is 62.9 Å². The number of benzene rings is 2. The van der Waals surface area contributed by atoms with E-state index < -0.39 is 38.4 Å². The van der Waals surface area contributed by atoms with Crippen molar-refractivity contribution in [3.8, 4) is 0 Å². The molecule has 0 aromatic heterocycles. The highest BCUT2D eigenvalue weighted by molar-refractivity contribution is 6.45. The van der Waals surface area contributed by atoms with Crippen molar-refractivity contribution in [2.75, 3.05) is 73.5 Å². The van der Waals surface area contributed by atoms with Crippen LogP contribution in [-0.2, 0) is 22.4 Å². The van der Waals surface area contributed by atoms with Crippen LogP contribution in [0.2, 0.25) is 13.6 Å². The average Bonchev–Trinajstić information content (AvgIpc) is 3.14. The fraction of sp³-hybridized carbons (Fsp3) is 0.600. The van der Waals surface area contributed by atoms with Crippen LogP contribution in [0.5, 0.6) is 0 Å². The predicted octanol–water partition coefficient (Wildman–Crippen LogP) is -2.22. The molecule has 16 heteroatoms. The summed E-state index contributed by atoms with van der Waals surface area (Å²) in [6.07, 6.45) is -0.0345. The van der Waals surface area contributed by atoms with Crippen LogP contribution in [0.4, 0.5) is 0 Å². The third kappa shape index (κ3) is 13.2. The second-order valence-electron chi connectivity index (χ2n) is 13.6. The summed E-state index contributed by atoms with van der Waals surface area (Å²) in [6.45, 7) is 7.56. The second-order valence-corrected chi connectivity index (χ2v) is 13.6. The fourth-order valence-corrected chi connectivity index (χ4v) is 6.69. The quantitative estimate of drug-likeness (QED) is 0.0932. The predicted molar refractivity (Wildman–Crippen MR) is 203 cm³/mol. The molecule has 2 fully saturated rings. The Bertz CT molecular complexity index is 1300. The largest absolute Gasteiger partial charge is 0.437 e. The van der Waals surface area contributed by atoms with Gasteiger partial charge in [-0.2, -0.15) is 0 Å². The molecule has 2 aliphatic rings. The number of carbonyl (C=O) groups is 2. The minimum atomic E-state index is -0.731. The molecule has 2 aromatic carbocycles. The molecule has 6 unspecified atom stereocenters. The number of nitrogens with one attached hydrogen (secondary N) is 3. The lowest BCUT2D eigenvalue weighted by Gasteiger charge is -2.42. The minimum Gasteiger partial charge on any atom is -0.437 e. The lowest BCUT2D eigenvalue weighted by Crippen LogP contribution is -2.63. The molecule has 2 aliphatic heterocycles. The first kappa shape index (κ1) is 42.5. The summed E-state index contributed by atoms with van der Waals surface area (Å²) in [5, 5.41) is 49.4. The molecule has 9 N–H and O–H groups in total. The van der Waals surface area contributed by atoms with Crippen molar-refractivity contribution in [1.82, 2.24) is 35.4 Å². The molecule has 2 heterocycles. The third-order valence-electron chi connectivity index (χ3n) is 9.99. The zero-order valence-corrected chi connectivity index (χ0v) is 30.9. The van der Waals surface area contributed by atoms with Gasteiger partial charge in [0.15, 0.2) is 0 Å². The van der Waals surface area contributed by atoms with Crippen molar-refractivity contribution in [3.05, 3.63) is 71.8 Å². The van der Waals surface area contributed by atoms with Crippen LogP contribution in [0, 0.1) is 0 Å². The summed E-state index contributed by atoms with van der Waals surface area (Å²) in [5.41, 5.74) is 8.41. The molecule has 0 saturated carbocycles.